The van der Waals surface area contributed by atoms with Gasteiger partial charge in [0, 0.05) is 15.5 Å². The van der Waals surface area contributed by atoms with E-state index in [2.05, 4.69) is 18.2 Å². The van der Waals surface area contributed by atoms with Crippen LogP contribution in [0.25, 0.3) is 20.2 Å². The second-order valence-electron chi connectivity index (χ2n) is 4.14. The zero-order valence-electron chi connectivity index (χ0n) is 9.24. The topological polar surface area (TPSA) is 20.2 Å². The van der Waals surface area contributed by atoms with Gasteiger partial charge in [0.1, 0.15) is 5.75 Å². The molecule has 0 saturated heterocycles. The Morgan fingerprint density at radius 1 is 1.06 bits per heavy atom. The number of hydrogen-bond acceptors (Lipinski definition) is 2. The number of rotatable bonds is 0. The van der Waals surface area contributed by atoms with Crippen molar-refractivity contribution in [2.75, 3.05) is 0 Å². The molecule has 0 fully saturated rings. The number of hydrogen-bond donors (Lipinski definition) is 1. The highest BCUT2D eigenvalue weighted by atomic mass is 32.1. The summed E-state index contributed by atoms with van der Waals surface area (Å²) in [6, 6.07) is 10.5. The van der Waals surface area contributed by atoms with Crippen LogP contribution in [0.3, 0.4) is 0 Å². The van der Waals surface area contributed by atoms with E-state index in [9.17, 15) is 5.11 Å². The second-order valence-corrected chi connectivity index (χ2v) is 5.19. The first kappa shape index (κ1) is 9.67. The molecule has 0 aliphatic rings. The van der Waals surface area contributed by atoms with E-state index in [1.165, 1.54) is 15.5 Å². The van der Waals surface area contributed by atoms with E-state index < -0.39 is 0 Å². The molecule has 0 amide bonds. The van der Waals surface area contributed by atoms with E-state index in [1.807, 2.05) is 26.0 Å². The lowest BCUT2D eigenvalue weighted by Gasteiger charge is -2.04. The molecular formula is C14H12OS. The molecule has 0 atom stereocenters. The Kier molecular flexibility index (Phi) is 1.95. The van der Waals surface area contributed by atoms with Crippen molar-refractivity contribution in [3.63, 3.8) is 0 Å². The van der Waals surface area contributed by atoms with Crippen LogP contribution in [0.4, 0.5) is 0 Å². The predicted molar refractivity (Wildman–Crippen MR) is 70.5 cm³/mol. The van der Waals surface area contributed by atoms with Crippen LogP contribution in [0.2, 0.25) is 0 Å². The summed E-state index contributed by atoms with van der Waals surface area (Å²) in [6.07, 6.45) is 0. The number of fused-ring (bicyclic) bond motifs is 3. The zero-order valence-corrected chi connectivity index (χ0v) is 10.1. The van der Waals surface area contributed by atoms with Crippen molar-refractivity contribution in [3.05, 3.63) is 41.5 Å². The Morgan fingerprint density at radius 2 is 1.81 bits per heavy atom. The molecule has 1 nitrogen and oxygen atoms in total. The first-order valence-electron chi connectivity index (χ1n) is 5.29. The highest BCUT2D eigenvalue weighted by Crippen LogP contribution is 2.41. The van der Waals surface area contributed by atoms with Crippen molar-refractivity contribution < 1.29 is 5.11 Å². The van der Waals surface area contributed by atoms with Crippen LogP contribution in [0.15, 0.2) is 30.3 Å². The maximum absolute atomic E-state index is 10.2. The third kappa shape index (κ3) is 1.17. The van der Waals surface area contributed by atoms with Gasteiger partial charge in [0.2, 0.25) is 0 Å². The summed E-state index contributed by atoms with van der Waals surface area (Å²) in [5.41, 5.74) is 2.13. The SMILES string of the molecule is Cc1cc2c(sc3ccccc32)c(O)c1C. The molecule has 2 heteroatoms. The van der Waals surface area contributed by atoms with E-state index in [0.29, 0.717) is 5.75 Å². The van der Waals surface area contributed by atoms with E-state index in [4.69, 9.17) is 0 Å². The van der Waals surface area contributed by atoms with Gasteiger partial charge in [-0.05, 0) is 37.1 Å². The molecule has 0 aliphatic heterocycles. The second kappa shape index (κ2) is 3.22. The minimum Gasteiger partial charge on any atom is -0.506 e. The molecule has 3 rings (SSSR count). The van der Waals surface area contributed by atoms with Crippen molar-refractivity contribution in [1.29, 1.82) is 0 Å². The fraction of sp³-hybridized carbons (Fsp3) is 0.143. The molecule has 0 aliphatic carbocycles. The van der Waals surface area contributed by atoms with Crippen LogP contribution in [-0.2, 0) is 0 Å². The lowest BCUT2D eigenvalue weighted by atomic mass is 10.0. The van der Waals surface area contributed by atoms with E-state index in [-0.39, 0.29) is 0 Å². The van der Waals surface area contributed by atoms with Gasteiger partial charge < -0.3 is 5.11 Å². The minimum absolute atomic E-state index is 0.441. The Balaban J connectivity index is 2.60. The number of thiophene rings is 1. The molecule has 1 heterocycles. The zero-order chi connectivity index (χ0) is 11.3. The largest absolute Gasteiger partial charge is 0.506 e. The fourth-order valence-corrected chi connectivity index (χ4v) is 3.25. The first-order valence-corrected chi connectivity index (χ1v) is 6.10. The van der Waals surface area contributed by atoms with Crippen molar-refractivity contribution in [1.82, 2.24) is 0 Å². The Labute approximate surface area is 98.0 Å². The Morgan fingerprint density at radius 3 is 2.62 bits per heavy atom. The van der Waals surface area contributed by atoms with Gasteiger partial charge in [0.15, 0.2) is 0 Å². The van der Waals surface area contributed by atoms with Gasteiger partial charge in [-0.25, -0.2) is 0 Å². The quantitative estimate of drug-likeness (QED) is 0.605. The standard InChI is InChI=1S/C14H12OS/c1-8-7-11-10-5-3-4-6-12(10)16-14(11)13(15)9(8)2/h3-7,15H,1-2H3. The monoisotopic (exact) mass is 228 g/mol. The highest BCUT2D eigenvalue weighted by molar-refractivity contribution is 7.26. The number of aromatic hydroxyl groups is 1. The van der Waals surface area contributed by atoms with Crippen LogP contribution in [0.5, 0.6) is 5.75 Å². The van der Waals surface area contributed by atoms with Crippen LogP contribution >= 0.6 is 11.3 Å². The molecule has 2 aromatic carbocycles. The summed E-state index contributed by atoms with van der Waals surface area (Å²) < 4.78 is 2.24. The number of aryl methyl sites for hydroxylation is 1. The van der Waals surface area contributed by atoms with Crippen LogP contribution in [-0.4, -0.2) is 5.11 Å². The molecule has 0 bridgehead atoms. The smallest absolute Gasteiger partial charge is 0.136 e. The summed E-state index contributed by atoms with van der Waals surface area (Å²) in [5.74, 6) is 0.441. The van der Waals surface area contributed by atoms with Crippen molar-refractivity contribution in [2.24, 2.45) is 0 Å². The third-order valence-electron chi connectivity index (χ3n) is 3.16. The van der Waals surface area contributed by atoms with Crippen LogP contribution < -0.4 is 0 Å². The molecule has 0 unspecified atom stereocenters. The molecule has 1 aromatic heterocycles. The summed E-state index contributed by atoms with van der Waals surface area (Å²) >= 11 is 1.66. The van der Waals surface area contributed by atoms with Crippen molar-refractivity contribution in [3.8, 4) is 5.75 Å². The fourth-order valence-electron chi connectivity index (χ4n) is 2.07. The molecule has 3 aromatic rings. The van der Waals surface area contributed by atoms with Gasteiger partial charge in [-0.1, -0.05) is 18.2 Å². The molecule has 0 saturated carbocycles. The van der Waals surface area contributed by atoms with Crippen molar-refractivity contribution >= 4 is 31.5 Å². The molecule has 1 N–H and O–H groups in total. The van der Waals surface area contributed by atoms with E-state index in [1.54, 1.807) is 11.3 Å². The number of phenolic OH excluding ortho intramolecular Hbond substituents is 1. The highest BCUT2D eigenvalue weighted by Gasteiger charge is 2.11. The Hall–Kier alpha value is -1.54. The lowest BCUT2D eigenvalue weighted by Crippen LogP contribution is -1.81. The van der Waals surface area contributed by atoms with E-state index >= 15 is 0 Å². The first-order chi connectivity index (χ1) is 7.68. The number of benzene rings is 2. The summed E-state index contributed by atoms with van der Waals surface area (Å²) in [4.78, 5) is 0. The van der Waals surface area contributed by atoms with Gasteiger partial charge in [0.25, 0.3) is 0 Å². The van der Waals surface area contributed by atoms with Gasteiger partial charge >= 0.3 is 0 Å². The third-order valence-corrected chi connectivity index (χ3v) is 4.35. The van der Waals surface area contributed by atoms with Gasteiger partial charge in [-0.2, -0.15) is 0 Å². The maximum Gasteiger partial charge on any atom is 0.136 e. The summed E-state index contributed by atoms with van der Waals surface area (Å²) in [6.45, 7) is 4.01. The molecular weight excluding hydrogens is 216 g/mol. The average molecular weight is 228 g/mol. The lowest BCUT2D eigenvalue weighted by molar-refractivity contribution is 0.478. The summed E-state index contributed by atoms with van der Waals surface area (Å²) in [5, 5.41) is 12.6. The summed E-state index contributed by atoms with van der Waals surface area (Å²) in [7, 11) is 0. The molecule has 16 heavy (non-hydrogen) atoms. The van der Waals surface area contributed by atoms with Gasteiger partial charge in [-0.15, -0.1) is 11.3 Å². The van der Waals surface area contributed by atoms with Crippen LogP contribution in [0, 0.1) is 13.8 Å². The van der Waals surface area contributed by atoms with Gasteiger partial charge in [0.05, 0.1) is 4.70 Å². The molecule has 0 spiro atoms. The minimum atomic E-state index is 0.441. The van der Waals surface area contributed by atoms with E-state index in [0.717, 1.165) is 15.8 Å². The molecule has 80 valence electrons. The maximum atomic E-state index is 10.2. The average Bonchev–Trinajstić information content (AvgIpc) is 2.65. The Bertz CT molecular complexity index is 695. The van der Waals surface area contributed by atoms with Crippen molar-refractivity contribution in [2.45, 2.75) is 13.8 Å². The number of phenols is 1. The predicted octanol–water partition coefficient (Wildman–Crippen LogP) is 4.38. The normalized spacial score (nSPS) is 11.4. The molecule has 0 radical (unpaired) electrons. The van der Waals surface area contributed by atoms with Crippen LogP contribution in [0.1, 0.15) is 11.1 Å². The van der Waals surface area contributed by atoms with Gasteiger partial charge in [-0.3, -0.25) is 0 Å².